The van der Waals surface area contributed by atoms with Crippen molar-refractivity contribution in [3.63, 3.8) is 0 Å². The van der Waals surface area contributed by atoms with Gasteiger partial charge in [-0.1, -0.05) is 29.3 Å². The van der Waals surface area contributed by atoms with Crippen molar-refractivity contribution in [2.75, 3.05) is 13.1 Å². The molecule has 0 bridgehead atoms. The number of benzene rings is 1. The fraction of sp³-hybridized carbons (Fsp3) is 0.333. The SMILES string of the molecule is NC[C@@H](c1ccc(Cl)cc1Cl)N1CCc2sccc2C1. The molecule has 0 saturated heterocycles. The van der Waals surface area contributed by atoms with Crippen molar-refractivity contribution in [1.29, 1.82) is 0 Å². The van der Waals surface area contributed by atoms with E-state index in [2.05, 4.69) is 16.3 Å². The van der Waals surface area contributed by atoms with Crippen LogP contribution in [0.3, 0.4) is 0 Å². The highest BCUT2D eigenvalue weighted by atomic mass is 35.5. The van der Waals surface area contributed by atoms with Crippen LogP contribution in [0.5, 0.6) is 0 Å². The average Bonchev–Trinajstić information content (AvgIpc) is 2.89. The second-order valence-corrected chi connectivity index (χ2v) is 6.85. The number of thiophene rings is 1. The van der Waals surface area contributed by atoms with E-state index in [1.54, 1.807) is 6.07 Å². The van der Waals surface area contributed by atoms with Crippen LogP contribution < -0.4 is 5.73 Å². The molecular weight excluding hydrogens is 311 g/mol. The summed E-state index contributed by atoms with van der Waals surface area (Å²) in [6.45, 7) is 2.52. The second kappa shape index (κ2) is 6.04. The Morgan fingerprint density at radius 3 is 2.90 bits per heavy atom. The summed E-state index contributed by atoms with van der Waals surface area (Å²) in [6.07, 6.45) is 1.09. The maximum absolute atomic E-state index is 6.34. The molecule has 0 saturated carbocycles. The highest BCUT2D eigenvalue weighted by Crippen LogP contribution is 2.33. The molecule has 0 fully saturated rings. The smallest absolute Gasteiger partial charge is 0.0488 e. The van der Waals surface area contributed by atoms with Crippen molar-refractivity contribution in [3.8, 4) is 0 Å². The first-order chi connectivity index (χ1) is 9.69. The normalized spacial score (nSPS) is 16.9. The maximum Gasteiger partial charge on any atom is 0.0488 e. The molecule has 0 aliphatic carbocycles. The number of fused-ring (bicyclic) bond motifs is 1. The molecule has 1 aromatic carbocycles. The van der Waals surface area contributed by atoms with Gasteiger partial charge in [0.05, 0.1) is 0 Å². The minimum Gasteiger partial charge on any atom is -0.329 e. The van der Waals surface area contributed by atoms with E-state index in [0.29, 0.717) is 16.6 Å². The summed E-state index contributed by atoms with van der Waals surface area (Å²) in [6, 6.07) is 8.02. The lowest BCUT2D eigenvalue weighted by atomic mass is 10.0. The molecule has 1 aliphatic rings. The molecule has 0 spiro atoms. The summed E-state index contributed by atoms with van der Waals surface area (Å²) in [5, 5.41) is 3.53. The van der Waals surface area contributed by atoms with E-state index < -0.39 is 0 Å². The molecular formula is C15H16Cl2N2S. The van der Waals surface area contributed by atoms with Gasteiger partial charge in [0.25, 0.3) is 0 Å². The van der Waals surface area contributed by atoms with Gasteiger partial charge in [0.15, 0.2) is 0 Å². The first-order valence-electron chi connectivity index (χ1n) is 6.63. The molecule has 1 aliphatic heterocycles. The highest BCUT2D eigenvalue weighted by Gasteiger charge is 2.25. The molecule has 106 valence electrons. The highest BCUT2D eigenvalue weighted by molar-refractivity contribution is 7.10. The average molecular weight is 327 g/mol. The van der Waals surface area contributed by atoms with Crippen LogP contribution in [0, 0.1) is 0 Å². The minimum absolute atomic E-state index is 0.146. The van der Waals surface area contributed by atoms with Gasteiger partial charge in [-0.25, -0.2) is 0 Å². The Bertz CT molecular complexity index is 612. The summed E-state index contributed by atoms with van der Waals surface area (Å²) in [5.41, 5.74) is 8.50. The number of nitrogens with zero attached hydrogens (tertiary/aromatic N) is 1. The molecule has 0 amide bonds. The largest absolute Gasteiger partial charge is 0.329 e. The fourth-order valence-corrected chi connectivity index (χ4v) is 4.20. The predicted molar refractivity (Wildman–Crippen MR) is 86.7 cm³/mol. The summed E-state index contributed by atoms with van der Waals surface area (Å²) in [4.78, 5) is 3.91. The zero-order valence-electron chi connectivity index (χ0n) is 11.0. The monoisotopic (exact) mass is 326 g/mol. The quantitative estimate of drug-likeness (QED) is 0.919. The van der Waals surface area contributed by atoms with Gasteiger partial charge < -0.3 is 5.73 Å². The Kier molecular flexibility index (Phi) is 4.34. The Labute approximate surface area is 133 Å². The minimum atomic E-state index is 0.146. The van der Waals surface area contributed by atoms with Crippen LogP contribution in [0.1, 0.15) is 22.0 Å². The van der Waals surface area contributed by atoms with Crippen molar-refractivity contribution < 1.29 is 0 Å². The summed E-state index contributed by atoms with van der Waals surface area (Å²) >= 11 is 14.2. The number of hydrogen-bond acceptors (Lipinski definition) is 3. The molecule has 5 heteroatoms. The third-order valence-corrected chi connectivity index (χ3v) is 5.41. The first kappa shape index (κ1) is 14.4. The van der Waals surface area contributed by atoms with Gasteiger partial charge in [0, 0.05) is 40.6 Å². The van der Waals surface area contributed by atoms with Crippen molar-refractivity contribution in [2.24, 2.45) is 5.73 Å². The van der Waals surface area contributed by atoms with E-state index in [1.165, 1.54) is 10.4 Å². The molecule has 2 N–H and O–H groups in total. The van der Waals surface area contributed by atoms with Crippen molar-refractivity contribution in [3.05, 3.63) is 55.7 Å². The van der Waals surface area contributed by atoms with Crippen molar-refractivity contribution >= 4 is 34.5 Å². The Morgan fingerprint density at radius 2 is 2.15 bits per heavy atom. The van der Waals surface area contributed by atoms with Crippen LogP contribution in [-0.4, -0.2) is 18.0 Å². The topological polar surface area (TPSA) is 29.3 Å². The van der Waals surface area contributed by atoms with Crippen molar-refractivity contribution in [1.82, 2.24) is 4.90 Å². The zero-order valence-corrected chi connectivity index (χ0v) is 13.3. The number of nitrogens with two attached hydrogens (primary N) is 1. The molecule has 20 heavy (non-hydrogen) atoms. The molecule has 3 rings (SSSR count). The number of hydrogen-bond donors (Lipinski definition) is 1. The van der Waals surface area contributed by atoms with E-state index >= 15 is 0 Å². The van der Waals surface area contributed by atoms with Crippen LogP contribution in [-0.2, 0) is 13.0 Å². The maximum atomic E-state index is 6.34. The lowest BCUT2D eigenvalue weighted by Crippen LogP contribution is -2.37. The van der Waals surface area contributed by atoms with Gasteiger partial charge in [-0.3, -0.25) is 4.90 Å². The lowest BCUT2D eigenvalue weighted by molar-refractivity contribution is 0.185. The van der Waals surface area contributed by atoms with E-state index in [9.17, 15) is 0 Å². The van der Waals surface area contributed by atoms with Gasteiger partial charge in [-0.05, 0) is 41.1 Å². The van der Waals surface area contributed by atoms with Crippen LogP contribution in [0.15, 0.2) is 29.6 Å². The second-order valence-electron chi connectivity index (χ2n) is 5.01. The van der Waals surface area contributed by atoms with Crippen LogP contribution in [0.4, 0.5) is 0 Å². The molecule has 2 nitrogen and oxygen atoms in total. The molecule has 1 aromatic heterocycles. The van der Waals surface area contributed by atoms with Gasteiger partial charge >= 0.3 is 0 Å². The molecule has 2 aromatic rings. The van der Waals surface area contributed by atoms with Gasteiger partial charge in [0.1, 0.15) is 0 Å². The first-order valence-corrected chi connectivity index (χ1v) is 8.27. The van der Waals surface area contributed by atoms with Gasteiger partial charge in [-0.2, -0.15) is 0 Å². The molecule has 0 unspecified atom stereocenters. The van der Waals surface area contributed by atoms with E-state index in [4.69, 9.17) is 28.9 Å². The predicted octanol–water partition coefficient (Wildman–Crippen LogP) is 4.11. The summed E-state index contributed by atoms with van der Waals surface area (Å²) in [5.74, 6) is 0. The van der Waals surface area contributed by atoms with Gasteiger partial charge in [0.2, 0.25) is 0 Å². The fourth-order valence-electron chi connectivity index (χ4n) is 2.78. The van der Waals surface area contributed by atoms with Crippen LogP contribution in [0.25, 0.3) is 0 Å². The lowest BCUT2D eigenvalue weighted by Gasteiger charge is -2.34. The third kappa shape index (κ3) is 2.74. The molecule has 2 heterocycles. The van der Waals surface area contributed by atoms with Crippen molar-refractivity contribution in [2.45, 2.75) is 19.0 Å². The van der Waals surface area contributed by atoms with Gasteiger partial charge in [-0.15, -0.1) is 11.3 Å². The number of halogens is 2. The summed E-state index contributed by atoms with van der Waals surface area (Å²) < 4.78 is 0. The van der Waals surface area contributed by atoms with Crippen LogP contribution >= 0.6 is 34.5 Å². The van der Waals surface area contributed by atoms with E-state index in [1.807, 2.05) is 23.5 Å². The van der Waals surface area contributed by atoms with E-state index in [-0.39, 0.29) is 6.04 Å². The molecule has 0 radical (unpaired) electrons. The Balaban J connectivity index is 1.87. The van der Waals surface area contributed by atoms with Crippen LogP contribution in [0.2, 0.25) is 10.0 Å². The number of rotatable bonds is 3. The standard InChI is InChI=1S/C15H16Cl2N2S/c16-11-1-2-12(13(17)7-11)14(8-18)19-5-3-15-10(9-19)4-6-20-15/h1-2,4,6-7,14H,3,5,8-9,18H2/t14-/m0/s1. The molecule has 1 atom stereocenters. The summed E-state index contributed by atoms with van der Waals surface area (Å²) in [7, 11) is 0. The third-order valence-electron chi connectivity index (χ3n) is 3.82. The zero-order chi connectivity index (χ0) is 14.1. The Morgan fingerprint density at radius 1 is 1.30 bits per heavy atom. The van der Waals surface area contributed by atoms with E-state index in [0.717, 1.165) is 25.1 Å². The Hall–Kier alpha value is -0.580.